The van der Waals surface area contributed by atoms with E-state index in [9.17, 15) is 0 Å². The number of aliphatic imine (C=N–C) groups is 1. The van der Waals surface area contributed by atoms with E-state index in [-0.39, 0.29) is 0 Å². The summed E-state index contributed by atoms with van der Waals surface area (Å²) in [6, 6.07) is 9.77. The fourth-order valence-electron chi connectivity index (χ4n) is 0.871. The van der Waals surface area contributed by atoms with Crippen molar-refractivity contribution in [3.05, 3.63) is 35.9 Å². The van der Waals surface area contributed by atoms with Crippen molar-refractivity contribution in [1.29, 1.82) is 0 Å². The van der Waals surface area contributed by atoms with Gasteiger partial charge in [-0.15, -0.1) is 0 Å². The van der Waals surface area contributed by atoms with Gasteiger partial charge in [-0.25, -0.2) is 0 Å². The summed E-state index contributed by atoms with van der Waals surface area (Å²) >= 11 is 0. The standard InChI is InChI=1S/C9H12N2/c1-2-11-9(10)8-6-4-3-5-7-8/h3-7H,2H2,1H3,(H2,10,11). The lowest BCUT2D eigenvalue weighted by Gasteiger charge is -1.97. The maximum atomic E-state index is 5.66. The molecule has 0 saturated heterocycles. The summed E-state index contributed by atoms with van der Waals surface area (Å²) in [5.41, 5.74) is 6.65. The molecule has 0 radical (unpaired) electrons. The van der Waals surface area contributed by atoms with Crippen LogP contribution in [0.1, 0.15) is 12.5 Å². The zero-order valence-corrected chi connectivity index (χ0v) is 6.62. The monoisotopic (exact) mass is 148 g/mol. The Labute approximate surface area is 66.8 Å². The molecule has 0 spiro atoms. The van der Waals surface area contributed by atoms with Crippen LogP contribution in [-0.2, 0) is 0 Å². The molecule has 1 aromatic rings. The van der Waals surface area contributed by atoms with Crippen molar-refractivity contribution in [3.63, 3.8) is 0 Å². The molecule has 1 rings (SSSR count). The molecule has 0 bridgehead atoms. The lowest BCUT2D eigenvalue weighted by atomic mass is 10.2. The van der Waals surface area contributed by atoms with Gasteiger partial charge in [0.2, 0.25) is 0 Å². The molecule has 0 aliphatic heterocycles. The maximum Gasteiger partial charge on any atom is 0.125 e. The van der Waals surface area contributed by atoms with Crippen LogP contribution in [-0.4, -0.2) is 12.4 Å². The van der Waals surface area contributed by atoms with Crippen LogP contribution >= 0.6 is 0 Å². The molecule has 0 fully saturated rings. The van der Waals surface area contributed by atoms with Crippen molar-refractivity contribution in [2.24, 2.45) is 10.7 Å². The van der Waals surface area contributed by atoms with Gasteiger partial charge in [0.25, 0.3) is 0 Å². The first-order valence-electron chi connectivity index (χ1n) is 3.70. The summed E-state index contributed by atoms with van der Waals surface area (Å²) in [6.07, 6.45) is 0. The second-order valence-corrected chi connectivity index (χ2v) is 2.23. The van der Waals surface area contributed by atoms with Gasteiger partial charge >= 0.3 is 0 Å². The van der Waals surface area contributed by atoms with E-state index in [0.717, 1.165) is 12.1 Å². The largest absolute Gasteiger partial charge is 0.384 e. The van der Waals surface area contributed by atoms with Crippen molar-refractivity contribution in [1.82, 2.24) is 0 Å². The Kier molecular flexibility index (Phi) is 2.66. The zero-order chi connectivity index (χ0) is 8.10. The quantitative estimate of drug-likeness (QED) is 0.500. The molecule has 2 N–H and O–H groups in total. The normalized spacial score (nSPS) is 11.5. The van der Waals surface area contributed by atoms with Gasteiger partial charge < -0.3 is 5.73 Å². The van der Waals surface area contributed by atoms with Gasteiger partial charge in [-0.1, -0.05) is 30.3 Å². The molecule has 0 unspecified atom stereocenters. The van der Waals surface area contributed by atoms with Crippen molar-refractivity contribution in [2.45, 2.75) is 6.92 Å². The highest BCUT2D eigenvalue weighted by molar-refractivity contribution is 5.97. The number of nitrogens with two attached hydrogens (primary N) is 1. The molecule has 0 aliphatic rings. The van der Waals surface area contributed by atoms with Crippen LogP contribution < -0.4 is 5.73 Å². The predicted octanol–water partition coefficient (Wildman–Crippen LogP) is 1.41. The van der Waals surface area contributed by atoms with Gasteiger partial charge in [0, 0.05) is 12.1 Å². The summed E-state index contributed by atoms with van der Waals surface area (Å²) in [4.78, 5) is 4.09. The third-order valence-corrected chi connectivity index (χ3v) is 1.40. The van der Waals surface area contributed by atoms with Gasteiger partial charge in [-0.2, -0.15) is 0 Å². The summed E-state index contributed by atoms with van der Waals surface area (Å²) in [5.74, 6) is 0.619. The van der Waals surface area contributed by atoms with Crippen LogP contribution in [0.15, 0.2) is 35.3 Å². The Morgan fingerprint density at radius 3 is 2.55 bits per heavy atom. The van der Waals surface area contributed by atoms with Gasteiger partial charge in [-0.3, -0.25) is 4.99 Å². The van der Waals surface area contributed by atoms with Crippen molar-refractivity contribution in [3.8, 4) is 0 Å². The average Bonchev–Trinajstić information content (AvgIpc) is 2.07. The number of amidine groups is 1. The summed E-state index contributed by atoms with van der Waals surface area (Å²) in [6.45, 7) is 2.70. The smallest absolute Gasteiger partial charge is 0.125 e. The van der Waals surface area contributed by atoms with E-state index < -0.39 is 0 Å². The highest BCUT2D eigenvalue weighted by Gasteiger charge is 1.92. The van der Waals surface area contributed by atoms with E-state index in [1.54, 1.807) is 0 Å². The van der Waals surface area contributed by atoms with E-state index in [2.05, 4.69) is 4.99 Å². The van der Waals surface area contributed by atoms with E-state index in [1.807, 2.05) is 37.3 Å². The Balaban J connectivity index is 2.85. The van der Waals surface area contributed by atoms with Crippen molar-refractivity contribution >= 4 is 5.84 Å². The fourth-order valence-corrected chi connectivity index (χ4v) is 0.871. The van der Waals surface area contributed by atoms with Crippen molar-refractivity contribution < 1.29 is 0 Å². The van der Waals surface area contributed by atoms with Crippen LogP contribution in [0.25, 0.3) is 0 Å². The average molecular weight is 148 g/mol. The first-order valence-corrected chi connectivity index (χ1v) is 3.70. The fraction of sp³-hybridized carbons (Fsp3) is 0.222. The molecule has 2 nitrogen and oxygen atoms in total. The molecule has 11 heavy (non-hydrogen) atoms. The van der Waals surface area contributed by atoms with Crippen molar-refractivity contribution in [2.75, 3.05) is 6.54 Å². The van der Waals surface area contributed by atoms with E-state index in [0.29, 0.717) is 5.84 Å². The number of rotatable bonds is 2. The highest BCUT2D eigenvalue weighted by Crippen LogP contribution is 1.96. The third kappa shape index (κ3) is 2.08. The first kappa shape index (κ1) is 7.79. The predicted molar refractivity (Wildman–Crippen MR) is 47.7 cm³/mol. The first-order chi connectivity index (χ1) is 5.34. The molecule has 2 heteroatoms. The minimum Gasteiger partial charge on any atom is -0.384 e. The van der Waals surface area contributed by atoms with Crippen LogP contribution in [0.2, 0.25) is 0 Å². The Morgan fingerprint density at radius 2 is 2.00 bits per heavy atom. The summed E-state index contributed by atoms with van der Waals surface area (Å²) < 4.78 is 0. The number of benzene rings is 1. The van der Waals surface area contributed by atoms with Crippen LogP contribution in [0.4, 0.5) is 0 Å². The summed E-state index contributed by atoms with van der Waals surface area (Å²) in [5, 5.41) is 0. The van der Waals surface area contributed by atoms with Crippen LogP contribution in [0.3, 0.4) is 0 Å². The van der Waals surface area contributed by atoms with Gasteiger partial charge in [-0.05, 0) is 6.92 Å². The molecule has 1 aromatic carbocycles. The zero-order valence-electron chi connectivity index (χ0n) is 6.62. The van der Waals surface area contributed by atoms with E-state index >= 15 is 0 Å². The lowest BCUT2D eigenvalue weighted by molar-refractivity contribution is 1.12. The van der Waals surface area contributed by atoms with Crippen LogP contribution in [0, 0.1) is 0 Å². The molecule has 0 heterocycles. The van der Waals surface area contributed by atoms with Gasteiger partial charge in [0.05, 0.1) is 0 Å². The molecular formula is C9H12N2. The number of hydrogen-bond acceptors (Lipinski definition) is 1. The third-order valence-electron chi connectivity index (χ3n) is 1.40. The Bertz CT molecular complexity index is 239. The molecule has 58 valence electrons. The Hall–Kier alpha value is -1.31. The minimum absolute atomic E-state index is 0.619. The lowest BCUT2D eigenvalue weighted by Crippen LogP contribution is -2.13. The highest BCUT2D eigenvalue weighted by atomic mass is 14.8. The van der Waals surface area contributed by atoms with E-state index in [4.69, 9.17) is 5.73 Å². The van der Waals surface area contributed by atoms with Gasteiger partial charge in [0.1, 0.15) is 5.84 Å². The number of hydrogen-bond donors (Lipinski definition) is 1. The topological polar surface area (TPSA) is 38.4 Å². The van der Waals surface area contributed by atoms with Gasteiger partial charge in [0.15, 0.2) is 0 Å². The van der Waals surface area contributed by atoms with Crippen LogP contribution in [0.5, 0.6) is 0 Å². The summed E-state index contributed by atoms with van der Waals surface area (Å²) in [7, 11) is 0. The molecule has 0 atom stereocenters. The molecule has 0 saturated carbocycles. The molecule has 0 amide bonds. The second-order valence-electron chi connectivity index (χ2n) is 2.23. The number of nitrogens with zero attached hydrogens (tertiary/aromatic N) is 1. The molecular weight excluding hydrogens is 136 g/mol. The molecule has 0 aromatic heterocycles. The molecule has 0 aliphatic carbocycles. The minimum atomic E-state index is 0.619. The Morgan fingerprint density at radius 1 is 1.36 bits per heavy atom. The van der Waals surface area contributed by atoms with E-state index in [1.165, 1.54) is 0 Å². The second kappa shape index (κ2) is 3.76. The SMILES string of the molecule is CCN=C(N)c1ccccc1. The maximum absolute atomic E-state index is 5.66.